The fraction of sp³-hybridized carbons (Fsp3) is 0.647. The van der Waals surface area contributed by atoms with Crippen molar-refractivity contribution in [2.24, 2.45) is 5.92 Å². The highest BCUT2D eigenvalue weighted by Crippen LogP contribution is 2.19. The molecule has 0 aliphatic carbocycles. The lowest BCUT2D eigenvalue weighted by atomic mass is 9.95. The quantitative estimate of drug-likeness (QED) is 0.636. The number of halogens is 1. The van der Waals surface area contributed by atoms with Crippen LogP contribution in [-0.2, 0) is 9.47 Å². The maximum atomic E-state index is 13.0. The van der Waals surface area contributed by atoms with Crippen LogP contribution in [0.15, 0.2) is 24.3 Å². The van der Waals surface area contributed by atoms with Gasteiger partial charge in [-0.15, -0.1) is 0 Å². The second-order valence-corrected chi connectivity index (χ2v) is 5.69. The predicted molar refractivity (Wildman–Crippen MR) is 84.2 cm³/mol. The summed E-state index contributed by atoms with van der Waals surface area (Å²) in [6, 6.07) is 6.78. The van der Waals surface area contributed by atoms with Gasteiger partial charge in [0.05, 0.1) is 13.2 Å². The Kier molecular flexibility index (Phi) is 9.22. The van der Waals surface area contributed by atoms with Gasteiger partial charge in [-0.25, -0.2) is 4.39 Å². The zero-order valence-corrected chi connectivity index (χ0v) is 13.4. The van der Waals surface area contributed by atoms with Crippen LogP contribution in [0.2, 0.25) is 0 Å². The first-order chi connectivity index (χ1) is 10.1. The molecule has 0 saturated carbocycles. The van der Waals surface area contributed by atoms with E-state index < -0.39 is 0 Å². The lowest BCUT2D eigenvalue weighted by Crippen LogP contribution is -2.26. The molecule has 1 rings (SSSR count). The standard InChI is InChI=1S/C17H28FNO2/c1-14(2)12-19-13-16(8-9-21-11-10-20-3)15-4-6-17(18)7-5-15/h4-7,14,16,19H,8-13H2,1-3H3. The molecule has 0 aromatic heterocycles. The molecule has 1 aromatic carbocycles. The molecular formula is C17H28FNO2. The zero-order valence-electron chi connectivity index (χ0n) is 13.4. The third kappa shape index (κ3) is 8.15. The summed E-state index contributed by atoms with van der Waals surface area (Å²) in [4.78, 5) is 0. The first-order valence-electron chi connectivity index (χ1n) is 7.66. The summed E-state index contributed by atoms with van der Waals surface area (Å²) < 4.78 is 23.6. The van der Waals surface area contributed by atoms with Gasteiger partial charge in [-0.3, -0.25) is 0 Å². The molecule has 0 bridgehead atoms. The van der Waals surface area contributed by atoms with Crippen molar-refractivity contribution >= 4 is 0 Å². The molecule has 0 aliphatic rings. The molecule has 0 radical (unpaired) electrons. The van der Waals surface area contributed by atoms with Gasteiger partial charge in [-0.05, 0) is 42.5 Å². The fourth-order valence-corrected chi connectivity index (χ4v) is 2.14. The van der Waals surface area contributed by atoms with Crippen LogP contribution in [0.5, 0.6) is 0 Å². The third-order valence-electron chi connectivity index (χ3n) is 3.33. The number of benzene rings is 1. The maximum Gasteiger partial charge on any atom is 0.123 e. The Bertz CT molecular complexity index is 368. The number of nitrogens with one attached hydrogen (secondary N) is 1. The van der Waals surface area contributed by atoms with E-state index in [0.29, 0.717) is 31.7 Å². The molecule has 1 aromatic rings. The highest BCUT2D eigenvalue weighted by atomic mass is 19.1. The van der Waals surface area contributed by atoms with E-state index in [1.807, 2.05) is 12.1 Å². The van der Waals surface area contributed by atoms with Crippen molar-refractivity contribution < 1.29 is 13.9 Å². The molecule has 0 spiro atoms. The summed E-state index contributed by atoms with van der Waals surface area (Å²) in [7, 11) is 1.67. The zero-order chi connectivity index (χ0) is 15.5. The number of ether oxygens (including phenoxy) is 2. The molecule has 1 unspecified atom stereocenters. The van der Waals surface area contributed by atoms with Crippen molar-refractivity contribution in [1.82, 2.24) is 5.32 Å². The highest BCUT2D eigenvalue weighted by Gasteiger charge is 2.12. The highest BCUT2D eigenvalue weighted by molar-refractivity contribution is 5.20. The van der Waals surface area contributed by atoms with Gasteiger partial charge in [-0.1, -0.05) is 26.0 Å². The Hall–Kier alpha value is -0.970. The van der Waals surface area contributed by atoms with Gasteiger partial charge in [0.2, 0.25) is 0 Å². The SMILES string of the molecule is COCCOCCC(CNCC(C)C)c1ccc(F)cc1. The Morgan fingerprint density at radius 3 is 2.38 bits per heavy atom. The molecular weight excluding hydrogens is 269 g/mol. The molecule has 1 atom stereocenters. The first-order valence-corrected chi connectivity index (χ1v) is 7.66. The monoisotopic (exact) mass is 297 g/mol. The van der Waals surface area contributed by atoms with Crippen LogP contribution in [0.3, 0.4) is 0 Å². The van der Waals surface area contributed by atoms with Crippen LogP contribution < -0.4 is 5.32 Å². The van der Waals surface area contributed by atoms with Crippen LogP contribution in [-0.4, -0.2) is 40.0 Å². The summed E-state index contributed by atoms with van der Waals surface area (Å²) in [6.45, 7) is 8.18. The predicted octanol–water partition coefficient (Wildman–Crippen LogP) is 3.21. The van der Waals surface area contributed by atoms with Gasteiger partial charge in [0.15, 0.2) is 0 Å². The average molecular weight is 297 g/mol. The minimum atomic E-state index is -0.191. The van der Waals surface area contributed by atoms with Crippen LogP contribution in [0, 0.1) is 11.7 Å². The molecule has 0 aliphatic heterocycles. The van der Waals surface area contributed by atoms with E-state index in [1.165, 1.54) is 12.1 Å². The van der Waals surface area contributed by atoms with Gasteiger partial charge < -0.3 is 14.8 Å². The van der Waals surface area contributed by atoms with Gasteiger partial charge in [0.25, 0.3) is 0 Å². The number of hydrogen-bond acceptors (Lipinski definition) is 3. The molecule has 0 heterocycles. The van der Waals surface area contributed by atoms with E-state index in [-0.39, 0.29) is 5.82 Å². The van der Waals surface area contributed by atoms with Gasteiger partial charge in [-0.2, -0.15) is 0 Å². The molecule has 0 amide bonds. The van der Waals surface area contributed by atoms with Crippen LogP contribution in [0.25, 0.3) is 0 Å². The molecule has 3 nitrogen and oxygen atoms in total. The van der Waals surface area contributed by atoms with Crippen molar-refractivity contribution in [2.75, 3.05) is 40.0 Å². The van der Waals surface area contributed by atoms with E-state index in [2.05, 4.69) is 19.2 Å². The van der Waals surface area contributed by atoms with Crippen LogP contribution >= 0.6 is 0 Å². The van der Waals surface area contributed by atoms with Crippen LogP contribution in [0.1, 0.15) is 31.7 Å². The van der Waals surface area contributed by atoms with E-state index in [0.717, 1.165) is 25.1 Å². The summed E-state index contributed by atoms with van der Waals surface area (Å²) in [5, 5.41) is 3.48. The number of rotatable bonds is 11. The number of methoxy groups -OCH3 is 1. The summed E-state index contributed by atoms with van der Waals surface area (Å²) in [6.07, 6.45) is 0.917. The lowest BCUT2D eigenvalue weighted by Gasteiger charge is -2.19. The minimum absolute atomic E-state index is 0.191. The molecule has 0 fully saturated rings. The summed E-state index contributed by atoms with van der Waals surface area (Å²) in [5.41, 5.74) is 1.16. The minimum Gasteiger partial charge on any atom is -0.382 e. The Morgan fingerprint density at radius 2 is 1.76 bits per heavy atom. The van der Waals surface area contributed by atoms with E-state index in [9.17, 15) is 4.39 Å². The topological polar surface area (TPSA) is 30.5 Å². The Balaban J connectivity index is 2.46. The van der Waals surface area contributed by atoms with Gasteiger partial charge in [0.1, 0.15) is 5.82 Å². The largest absolute Gasteiger partial charge is 0.382 e. The molecule has 4 heteroatoms. The maximum absolute atomic E-state index is 13.0. The van der Waals surface area contributed by atoms with E-state index in [1.54, 1.807) is 7.11 Å². The van der Waals surface area contributed by atoms with Crippen LogP contribution in [0.4, 0.5) is 4.39 Å². The molecule has 120 valence electrons. The first kappa shape index (κ1) is 18.1. The molecule has 0 saturated heterocycles. The molecule has 21 heavy (non-hydrogen) atoms. The Morgan fingerprint density at radius 1 is 1.05 bits per heavy atom. The Labute approximate surface area is 127 Å². The van der Waals surface area contributed by atoms with Crippen molar-refractivity contribution in [3.05, 3.63) is 35.6 Å². The summed E-state index contributed by atoms with van der Waals surface area (Å²) >= 11 is 0. The van der Waals surface area contributed by atoms with Crippen molar-refractivity contribution in [1.29, 1.82) is 0 Å². The van der Waals surface area contributed by atoms with Crippen molar-refractivity contribution in [3.8, 4) is 0 Å². The van der Waals surface area contributed by atoms with Crippen molar-refractivity contribution in [2.45, 2.75) is 26.2 Å². The smallest absolute Gasteiger partial charge is 0.123 e. The fourth-order valence-electron chi connectivity index (χ4n) is 2.14. The second kappa shape index (κ2) is 10.7. The third-order valence-corrected chi connectivity index (χ3v) is 3.33. The van der Waals surface area contributed by atoms with E-state index in [4.69, 9.17) is 9.47 Å². The van der Waals surface area contributed by atoms with Crippen molar-refractivity contribution in [3.63, 3.8) is 0 Å². The molecule has 1 N–H and O–H groups in total. The second-order valence-electron chi connectivity index (χ2n) is 5.69. The lowest BCUT2D eigenvalue weighted by molar-refractivity contribution is 0.0669. The van der Waals surface area contributed by atoms with Gasteiger partial charge in [0, 0.05) is 20.3 Å². The normalized spacial score (nSPS) is 12.8. The number of hydrogen-bond donors (Lipinski definition) is 1. The average Bonchev–Trinajstić information content (AvgIpc) is 2.46. The summed E-state index contributed by atoms with van der Waals surface area (Å²) in [5.74, 6) is 0.771. The van der Waals surface area contributed by atoms with E-state index >= 15 is 0 Å². The van der Waals surface area contributed by atoms with Gasteiger partial charge >= 0.3 is 0 Å².